The van der Waals surface area contributed by atoms with E-state index in [9.17, 15) is 0 Å². The lowest BCUT2D eigenvalue weighted by molar-refractivity contribution is 0.302. The van der Waals surface area contributed by atoms with Crippen molar-refractivity contribution in [3.8, 4) is 5.75 Å². The molecule has 29 heavy (non-hydrogen) atoms. The largest absolute Gasteiger partial charge is 0.491 e. The Bertz CT molecular complexity index is 1200. The zero-order valence-corrected chi connectivity index (χ0v) is 17.4. The van der Waals surface area contributed by atoms with Crippen molar-refractivity contribution in [2.45, 2.75) is 19.4 Å². The highest BCUT2D eigenvalue weighted by Gasteiger charge is 2.20. The lowest BCUT2D eigenvalue weighted by atomic mass is 10.1. The molecule has 0 aliphatic carbocycles. The molecular weight excluding hydrogens is 405 g/mol. The monoisotopic (exact) mass is 425 g/mol. The van der Waals surface area contributed by atoms with Crippen LogP contribution in [-0.4, -0.2) is 29.2 Å². The minimum Gasteiger partial charge on any atom is -0.491 e. The summed E-state index contributed by atoms with van der Waals surface area (Å²) >= 11 is 12.7. The standard InChI is InChI=1S/C23H21Cl2N3O/c24-19-12-18-17-5-7-26-9-6-21(17)28(22(18)13-20(19)25)10-11-29-23-3-1-2-15-14-27-8-4-16(15)23/h1-4,8,12-14,26H,5-7,9-11H2. The van der Waals surface area contributed by atoms with Gasteiger partial charge in [0.2, 0.25) is 0 Å². The molecule has 0 amide bonds. The van der Waals surface area contributed by atoms with Gasteiger partial charge in [-0.05, 0) is 42.8 Å². The summed E-state index contributed by atoms with van der Waals surface area (Å²) in [7, 11) is 0. The van der Waals surface area contributed by atoms with Gasteiger partial charge in [-0.15, -0.1) is 0 Å². The predicted molar refractivity (Wildman–Crippen MR) is 119 cm³/mol. The lowest BCUT2D eigenvalue weighted by Gasteiger charge is -2.13. The molecule has 1 N–H and O–H groups in total. The molecule has 4 aromatic rings. The quantitative estimate of drug-likeness (QED) is 0.484. The zero-order chi connectivity index (χ0) is 19.8. The van der Waals surface area contributed by atoms with Gasteiger partial charge in [0.05, 0.1) is 22.1 Å². The van der Waals surface area contributed by atoms with Crippen molar-refractivity contribution in [1.29, 1.82) is 0 Å². The fourth-order valence-electron chi connectivity index (χ4n) is 4.30. The van der Waals surface area contributed by atoms with Crippen LogP contribution < -0.4 is 10.1 Å². The van der Waals surface area contributed by atoms with Gasteiger partial charge >= 0.3 is 0 Å². The summed E-state index contributed by atoms with van der Waals surface area (Å²) in [6.45, 7) is 3.28. The Balaban J connectivity index is 1.48. The van der Waals surface area contributed by atoms with Gasteiger partial charge in [0.25, 0.3) is 0 Å². The first kappa shape index (κ1) is 18.7. The molecule has 2 aromatic heterocycles. The highest BCUT2D eigenvalue weighted by atomic mass is 35.5. The third-order valence-corrected chi connectivity index (χ3v) is 6.35. The van der Waals surface area contributed by atoms with Crippen LogP contribution in [0.3, 0.4) is 0 Å². The van der Waals surface area contributed by atoms with Gasteiger partial charge < -0.3 is 14.6 Å². The molecule has 0 bridgehead atoms. The molecule has 5 rings (SSSR count). The van der Waals surface area contributed by atoms with Crippen molar-refractivity contribution in [1.82, 2.24) is 14.9 Å². The average molecular weight is 426 g/mol. The highest BCUT2D eigenvalue weighted by Crippen LogP contribution is 2.34. The van der Waals surface area contributed by atoms with Gasteiger partial charge in [0.1, 0.15) is 12.4 Å². The van der Waals surface area contributed by atoms with Gasteiger partial charge in [0.15, 0.2) is 0 Å². The molecule has 0 saturated carbocycles. The number of hydrogen-bond donors (Lipinski definition) is 1. The Morgan fingerprint density at radius 3 is 2.83 bits per heavy atom. The number of fused-ring (bicyclic) bond motifs is 4. The molecule has 0 spiro atoms. The number of nitrogens with zero attached hydrogens (tertiary/aromatic N) is 2. The first-order valence-corrected chi connectivity index (χ1v) is 10.6. The van der Waals surface area contributed by atoms with E-state index in [1.54, 1.807) is 6.20 Å². The van der Waals surface area contributed by atoms with Gasteiger partial charge in [-0.2, -0.15) is 0 Å². The molecule has 0 radical (unpaired) electrons. The summed E-state index contributed by atoms with van der Waals surface area (Å²) in [5, 5.41) is 8.06. The van der Waals surface area contributed by atoms with Crippen LogP contribution >= 0.6 is 23.2 Å². The van der Waals surface area contributed by atoms with Crippen LogP contribution in [0.2, 0.25) is 10.0 Å². The number of nitrogens with one attached hydrogen (secondary N) is 1. The normalized spacial score (nSPS) is 14.1. The summed E-state index contributed by atoms with van der Waals surface area (Å²) in [5.74, 6) is 0.884. The van der Waals surface area contributed by atoms with E-state index in [1.807, 2.05) is 42.6 Å². The molecule has 148 valence electrons. The molecule has 6 heteroatoms. The minimum absolute atomic E-state index is 0.575. The van der Waals surface area contributed by atoms with Crippen LogP contribution in [-0.2, 0) is 19.4 Å². The van der Waals surface area contributed by atoms with Crippen molar-refractivity contribution >= 4 is 44.9 Å². The van der Waals surface area contributed by atoms with E-state index in [-0.39, 0.29) is 0 Å². The second-order valence-electron chi connectivity index (χ2n) is 7.31. The number of halogens is 2. The highest BCUT2D eigenvalue weighted by molar-refractivity contribution is 6.42. The van der Waals surface area contributed by atoms with Gasteiger partial charge in [0, 0.05) is 47.2 Å². The van der Waals surface area contributed by atoms with Crippen molar-refractivity contribution in [3.05, 3.63) is 70.1 Å². The van der Waals surface area contributed by atoms with Gasteiger partial charge in [-0.3, -0.25) is 4.98 Å². The first-order valence-electron chi connectivity index (χ1n) is 9.87. The number of benzene rings is 2. The van der Waals surface area contributed by atoms with E-state index in [0.29, 0.717) is 16.7 Å². The molecule has 4 nitrogen and oxygen atoms in total. The van der Waals surface area contributed by atoms with Crippen molar-refractivity contribution < 1.29 is 4.74 Å². The summed E-state index contributed by atoms with van der Waals surface area (Å²) in [4.78, 5) is 4.19. The summed E-state index contributed by atoms with van der Waals surface area (Å²) < 4.78 is 8.55. The van der Waals surface area contributed by atoms with Gasteiger partial charge in [-0.1, -0.05) is 35.3 Å². The van der Waals surface area contributed by atoms with Crippen LogP contribution in [0.4, 0.5) is 0 Å². The van der Waals surface area contributed by atoms with Crippen molar-refractivity contribution in [2.24, 2.45) is 0 Å². The molecular formula is C23H21Cl2N3O. The zero-order valence-electron chi connectivity index (χ0n) is 15.9. The first-order chi connectivity index (χ1) is 14.2. The molecule has 1 aliphatic heterocycles. The molecule has 3 heterocycles. The molecule has 1 aliphatic rings. The SMILES string of the molecule is Clc1cc2c3c(n(CCOc4cccc5cnccc45)c2cc1Cl)CCNCC3. The van der Waals surface area contributed by atoms with E-state index in [1.165, 1.54) is 16.6 Å². The van der Waals surface area contributed by atoms with E-state index in [4.69, 9.17) is 27.9 Å². The Kier molecular flexibility index (Phi) is 5.08. The van der Waals surface area contributed by atoms with E-state index in [2.05, 4.69) is 14.9 Å². The molecule has 0 saturated heterocycles. The molecule has 0 atom stereocenters. The Morgan fingerprint density at radius 1 is 1.03 bits per heavy atom. The van der Waals surface area contributed by atoms with Crippen LogP contribution in [0, 0.1) is 0 Å². The third-order valence-electron chi connectivity index (χ3n) is 5.63. The van der Waals surface area contributed by atoms with Crippen LogP contribution in [0.1, 0.15) is 11.3 Å². The van der Waals surface area contributed by atoms with Gasteiger partial charge in [-0.25, -0.2) is 0 Å². The number of ether oxygens (including phenoxy) is 1. The minimum atomic E-state index is 0.575. The van der Waals surface area contributed by atoms with Crippen molar-refractivity contribution in [2.75, 3.05) is 19.7 Å². The Morgan fingerprint density at radius 2 is 1.90 bits per heavy atom. The second kappa shape index (κ2) is 7.86. The summed E-state index contributed by atoms with van der Waals surface area (Å²) in [5.41, 5.74) is 3.87. The third kappa shape index (κ3) is 3.46. The van der Waals surface area contributed by atoms with Crippen LogP contribution in [0.25, 0.3) is 21.7 Å². The summed E-state index contributed by atoms with van der Waals surface area (Å²) in [6, 6.07) is 12.1. The smallest absolute Gasteiger partial charge is 0.127 e. The topological polar surface area (TPSA) is 39.1 Å². The fourth-order valence-corrected chi connectivity index (χ4v) is 4.62. The Labute approximate surface area is 179 Å². The maximum Gasteiger partial charge on any atom is 0.127 e. The maximum atomic E-state index is 6.36. The summed E-state index contributed by atoms with van der Waals surface area (Å²) in [6.07, 6.45) is 5.64. The Hall–Kier alpha value is -2.27. The van der Waals surface area contributed by atoms with Crippen LogP contribution in [0.15, 0.2) is 48.8 Å². The number of rotatable bonds is 4. The predicted octanol–water partition coefficient (Wildman–Crippen LogP) is 5.26. The number of pyridine rings is 1. The van der Waals surface area contributed by atoms with Crippen LogP contribution in [0.5, 0.6) is 5.75 Å². The lowest BCUT2D eigenvalue weighted by Crippen LogP contribution is -2.18. The van der Waals surface area contributed by atoms with E-state index >= 15 is 0 Å². The second-order valence-corrected chi connectivity index (χ2v) is 8.13. The molecule has 2 aromatic carbocycles. The van der Waals surface area contributed by atoms with E-state index in [0.717, 1.165) is 54.5 Å². The fraction of sp³-hybridized carbons (Fsp3) is 0.261. The number of aromatic nitrogens is 2. The number of hydrogen-bond acceptors (Lipinski definition) is 3. The maximum absolute atomic E-state index is 6.36. The van der Waals surface area contributed by atoms with Crippen molar-refractivity contribution in [3.63, 3.8) is 0 Å². The molecule has 0 unspecified atom stereocenters. The average Bonchev–Trinajstić information content (AvgIpc) is 2.88. The molecule has 0 fully saturated rings. The van der Waals surface area contributed by atoms with E-state index < -0.39 is 0 Å².